The Kier molecular flexibility index (Phi) is 4.81. The van der Waals surface area contributed by atoms with Crippen molar-refractivity contribution in [3.8, 4) is 0 Å². The molecule has 2 amide bonds. The molecule has 0 aliphatic carbocycles. The molecular weight excluding hydrogens is 300 g/mol. The van der Waals surface area contributed by atoms with Crippen molar-refractivity contribution in [2.24, 2.45) is 0 Å². The lowest BCUT2D eigenvalue weighted by Crippen LogP contribution is -2.43. The molecule has 0 spiro atoms. The Morgan fingerprint density at radius 1 is 1.18 bits per heavy atom. The summed E-state index contributed by atoms with van der Waals surface area (Å²) in [7, 11) is 0. The van der Waals surface area contributed by atoms with Crippen LogP contribution in [0.4, 0.5) is 0 Å². The average Bonchev–Trinajstić information content (AvgIpc) is 2.80. The minimum Gasteiger partial charge on any atom is -0.451 e. The van der Waals surface area contributed by atoms with Crippen LogP contribution in [0.25, 0.3) is 11.0 Å². The summed E-state index contributed by atoms with van der Waals surface area (Å²) in [5.74, 6) is -0.210. The number of hydrogen-bond donors (Lipinski definition) is 2. The van der Waals surface area contributed by atoms with Crippen LogP contribution in [-0.2, 0) is 4.79 Å². The second kappa shape index (κ2) is 6.44. The first-order chi connectivity index (χ1) is 10.3. The Morgan fingerprint density at radius 2 is 1.86 bits per heavy atom. The fraction of sp³-hybridized carbons (Fsp3) is 0.375. The number of para-hydroxylation sites is 1. The third-order valence-corrected chi connectivity index (χ3v) is 4.27. The summed E-state index contributed by atoms with van der Waals surface area (Å²) in [6, 6.07) is 7.43. The van der Waals surface area contributed by atoms with E-state index in [-0.39, 0.29) is 22.2 Å². The molecule has 0 radical (unpaired) electrons. The maximum absolute atomic E-state index is 12.1. The zero-order valence-electron chi connectivity index (χ0n) is 13.1. The smallest absolute Gasteiger partial charge is 0.305 e. The number of furan rings is 1. The van der Waals surface area contributed by atoms with Crippen LogP contribution >= 0.6 is 11.8 Å². The summed E-state index contributed by atoms with van der Waals surface area (Å²) in [4.78, 5) is 23.8. The van der Waals surface area contributed by atoms with Gasteiger partial charge < -0.3 is 4.42 Å². The molecule has 2 N–H and O–H groups in total. The van der Waals surface area contributed by atoms with E-state index in [4.69, 9.17) is 4.42 Å². The number of carbonyl (C=O) groups is 2. The van der Waals surface area contributed by atoms with E-state index in [0.29, 0.717) is 5.58 Å². The molecule has 1 aromatic carbocycles. The molecule has 2 rings (SSSR count). The van der Waals surface area contributed by atoms with Crippen molar-refractivity contribution in [2.45, 2.75) is 32.4 Å². The Labute approximate surface area is 133 Å². The minimum atomic E-state index is -0.456. The van der Waals surface area contributed by atoms with Crippen molar-refractivity contribution in [1.82, 2.24) is 10.9 Å². The van der Waals surface area contributed by atoms with E-state index in [0.717, 1.165) is 10.9 Å². The molecule has 0 aliphatic rings. The highest BCUT2D eigenvalue weighted by atomic mass is 32.2. The second-order valence-electron chi connectivity index (χ2n) is 5.96. The number of hydrogen-bond acceptors (Lipinski definition) is 4. The molecule has 0 saturated carbocycles. The van der Waals surface area contributed by atoms with Gasteiger partial charge in [0.15, 0.2) is 5.76 Å². The van der Waals surface area contributed by atoms with Crippen LogP contribution in [0.15, 0.2) is 28.7 Å². The number of nitrogens with one attached hydrogen (secondary N) is 2. The summed E-state index contributed by atoms with van der Waals surface area (Å²) in [6.07, 6.45) is 0. The molecule has 0 bridgehead atoms. The van der Waals surface area contributed by atoms with Gasteiger partial charge in [-0.25, -0.2) is 0 Å². The molecule has 0 unspecified atom stereocenters. The highest BCUT2D eigenvalue weighted by Crippen LogP contribution is 2.24. The van der Waals surface area contributed by atoms with Crippen molar-refractivity contribution < 1.29 is 14.0 Å². The van der Waals surface area contributed by atoms with Gasteiger partial charge in [0.1, 0.15) is 5.58 Å². The minimum absolute atomic E-state index is 0.00330. The topological polar surface area (TPSA) is 71.3 Å². The summed E-state index contributed by atoms with van der Waals surface area (Å²) < 4.78 is 5.54. The van der Waals surface area contributed by atoms with Crippen molar-refractivity contribution in [3.63, 3.8) is 0 Å². The van der Waals surface area contributed by atoms with Gasteiger partial charge in [0.05, 0.1) is 5.75 Å². The molecular formula is C16H20N2O3S. The van der Waals surface area contributed by atoms with Gasteiger partial charge >= 0.3 is 5.91 Å². The van der Waals surface area contributed by atoms with Crippen molar-refractivity contribution >= 4 is 34.5 Å². The van der Waals surface area contributed by atoms with E-state index >= 15 is 0 Å². The number of rotatable bonds is 3. The predicted octanol–water partition coefficient (Wildman–Crippen LogP) is 3.03. The number of benzene rings is 1. The van der Waals surface area contributed by atoms with E-state index in [1.54, 1.807) is 6.07 Å². The molecule has 0 fully saturated rings. The maximum Gasteiger partial charge on any atom is 0.305 e. The third-order valence-electron chi connectivity index (χ3n) is 3.00. The highest BCUT2D eigenvalue weighted by molar-refractivity contribution is 8.01. The van der Waals surface area contributed by atoms with Crippen LogP contribution in [0.1, 0.15) is 36.9 Å². The number of aryl methyl sites for hydroxylation is 1. The first-order valence-electron chi connectivity index (χ1n) is 6.99. The van der Waals surface area contributed by atoms with E-state index in [1.165, 1.54) is 11.8 Å². The molecule has 0 atom stereocenters. The first-order valence-corrected chi connectivity index (χ1v) is 7.98. The van der Waals surface area contributed by atoms with Gasteiger partial charge in [-0.1, -0.05) is 39.0 Å². The van der Waals surface area contributed by atoms with Crippen molar-refractivity contribution in [3.05, 3.63) is 35.6 Å². The van der Waals surface area contributed by atoms with Crippen LogP contribution in [-0.4, -0.2) is 22.3 Å². The van der Waals surface area contributed by atoms with Crippen molar-refractivity contribution in [1.29, 1.82) is 0 Å². The molecule has 2 aromatic rings. The SMILES string of the molecule is Cc1c(C(=O)NNC(=O)CSC(C)(C)C)oc2ccccc12. The lowest BCUT2D eigenvalue weighted by atomic mass is 10.1. The van der Waals surface area contributed by atoms with Crippen LogP contribution in [0.3, 0.4) is 0 Å². The van der Waals surface area contributed by atoms with E-state index in [2.05, 4.69) is 10.9 Å². The summed E-state index contributed by atoms with van der Waals surface area (Å²) in [6.45, 7) is 7.90. The van der Waals surface area contributed by atoms with Gasteiger partial charge in [0.2, 0.25) is 5.91 Å². The van der Waals surface area contributed by atoms with E-state index in [1.807, 2.05) is 45.9 Å². The molecule has 1 aromatic heterocycles. The molecule has 0 aliphatic heterocycles. The Balaban J connectivity index is 1.97. The fourth-order valence-electron chi connectivity index (χ4n) is 1.89. The molecule has 0 saturated heterocycles. The first kappa shape index (κ1) is 16.4. The Hall–Kier alpha value is -1.95. The van der Waals surface area contributed by atoms with Gasteiger partial charge in [-0.05, 0) is 13.0 Å². The largest absolute Gasteiger partial charge is 0.451 e. The quantitative estimate of drug-likeness (QED) is 0.853. The van der Waals surface area contributed by atoms with Crippen LogP contribution in [0.5, 0.6) is 0 Å². The Bertz CT molecular complexity index is 701. The lowest BCUT2D eigenvalue weighted by molar-refractivity contribution is -0.119. The monoisotopic (exact) mass is 320 g/mol. The number of hydrazine groups is 1. The normalized spacial score (nSPS) is 11.5. The van der Waals surface area contributed by atoms with Gasteiger partial charge in [-0.15, -0.1) is 11.8 Å². The zero-order chi connectivity index (χ0) is 16.3. The number of amides is 2. The molecule has 118 valence electrons. The fourth-order valence-corrected chi connectivity index (χ4v) is 2.53. The van der Waals surface area contributed by atoms with E-state index < -0.39 is 5.91 Å². The third kappa shape index (κ3) is 4.04. The zero-order valence-corrected chi connectivity index (χ0v) is 14.0. The maximum atomic E-state index is 12.1. The van der Waals surface area contributed by atoms with Crippen LogP contribution < -0.4 is 10.9 Å². The molecule has 22 heavy (non-hydrogen) atoms. The number of carbonyl (C=O) groups excluding carboxylic acids is 2. The van der Waals surface area contributed by atoms with Gasteiger partial charge in [-0.3, -0.25) is 20.4 Å². The Morgan fingerprint density at radius 3 is 2.50 bits per heavy atom. The van der Waals surface area contributed by atoms with Crippen LogP contribution in [0.2, 0.25) is 0 Å². The van der Waals surface area contributed by atoms with Crippen LogP contribution in [0, 0.1) is 6.92 Å². The summed E-state index contributed by atoms with van der Waals surface area (Å²) in [5.41, 5.74) is 6.21. The van der Waals surface area contributed by atoms with E-state index in [9.17, 15) is 9.59 Å². The summed E-state index contributed by atoms with van der Waals surface area (Å²) in [5, 5.41) is 0.891. The lowest BCUT2D eigenvalue weighted by Gasteiger charge is -2.16. The summed E-state index contributed by atoms with van der Waals surface area (Å²) >= 11 is 1.51. The predicted molar refractivity (Wildman–Crippen MR) is 88.8 cm³/mol. The average molecular weight is 320 g/mol. The van der Waals surface area contributed by atoms with Gasteiger partial charge in [-0.2, -0.15) is 0 Å². The van der Waals surface area contributed by atoms with Gasteiger partial charge in [0, 0.05) is 15.7 Å². The molecule has 1 heterocycles. The second-order valence-corrected chi connectivity index (χ2v) is 7.76. The number of thioether (sulfide) groups is 1. The molecule has 6 heteroatoms. The molecule has 5 nitrogen and oxygen atoms in total. The number of fused-ring (bicyclic) bond motifs is 1. The highest BCUT2D eigenvalue weighted by Gasteiger charge is 2.18. The van der Waals surface area contributed by atoms with Gasteiger partial charge in [0.25, 0.3) is 0 Å². The standard InChI is InChI=1S/C16H20N2O3S/c1-10-11-7-5-6-8-12(11)21-14(10)15(20)18-17-13(19)9-22-16(2,3)4/h5-8H,9H2,1-4H3,(H,17,19)(H,18,20). The van der Waals surface area contributed by atoms with Crippen molar-refractivity contribution in [2.75, 3.05) is 5.75 Å².